The minimum absolute atomic E-state index is 0.0950. The minimum Gasteiger partial charge on any atom is -0.350 e. The first-order valence-corrected chi connectivity index (χ1v) is 8.64. The van der Waals surface area contributed by atoms with Gasteiger partial charge in [0.15, 0.2) is 0 Å². The van der Waals surface area contributed by atoms with Crippen LogP contribution in [0.25, 0.3) is 0 Å². The summed E-state index contributed by atoms with van der Waals surface area (Å²) in [6.07, 6.45) is 4.61. The lowest BCUT2D eigenvalue weighted by molar-refractivity contribution is -0.124. The standard InChI is InChI=1S/C17H35N3O/c1-6-10-18-14(3)15-9-8-11-20(12-15)13-16(21)19-17(4,5)7-2/h14-15,18H,6-13H2,1-5H3,(H,19,21). The molecule has 0 radical (unpaired) electrons. The largest absolute Gasteiger partial charge is 0.350 e. The highest BCUT2D eigenvalue weighted by molar-refractivity contribution is 5.78. The third kappa shape index (κ3) is 6.79. The Kier molecular flexibility index (Phi) is 7.67. The van der Waals surface area contributed by atoms with Crippen molar-refractivity contribution in [2.75, 3.05) is 26.2 Å². The Hall–Kier alpha value is -0.610. The molecule has 1 amide bonds. The van der Waals surface area contributed by atoms with Crippen molar-refractivity contribution in [2.45, 2.75) is 71.9 Å². The van der Waals surface area contributed by atoms with Crippen LogP contribution in [0.1, 0.15) is 60.3 Å². The van der Waals surface area contributed by atoms with Gasteiger partial charge in [0.1, 0.15) is 0 Å². The second-order valence-corrected chi connectivity index (χ2v) is 7.17. The quantitative estimate of drug-likeness (QED) is 0.723. The van der Waals surface area contributed by atoms with Gasteiger partial charge in [-0.15, -0.1) is 0 Å². The highest BCUT2D eigenvalue weighted by Gasteiger charge is 2.26. The first kappa shape index (κ1) is 18.4. The minimum atomic E-state index is -0.0950. The topological polar surface area (TPSA) is 44.4 Å². The van der Waals surface area contributed by atoms with Gasteiger partial charge in [-0.1, -0.05) is 13.8 Å². The molecule has 1 heterocycles. The van der Waals surface area contributed by atoms with Crippen LogP contribution in [-0.2, 0) is 4.79 Å². The molecule has 21 heavy (non-hydrogen) atoms. The molecule has 0 aliphatic carbocycles. The van der Waals surface area contributed by atoms with E-state index in [1.165, 1.54) is 19.3 Å². The zero-order valence-corrected chi connectivity index (χ0v) is 14.7. The summed E-state index contributed by atoms with van der Waals surface area (Å²) < 4.78 is 0. The number of nitrogens with one attached hydrogen (secondary N) is 2. The lowest BCUT2D eigenvalue weighted by Crippen LogP contribution is -2.50. The molecule has 1 rings (SSSR count). The smallest absolute Gasteiger partial charge is 0.234 e. The molecule has 1 aliphatic rings. The lowest BCUT2D eigenvalue weighted by Gasteiger charge is -2.36. The van der Waals surface area contributed by atoms with Gasteiger partial charge in [0.2, 0.25) is 5.91 Å². The fourth-order valence-electron chi connectivity index (χ4n) is 2.89. The van der Waals surface area contributed by atoms with Gasteiger partial charge < -0.3 is 10.6 Å². The van der Waals surface area contributed by atoms with E-state index in [9.17, 15) is 4.79 Å². The Morgan fingerprint density at radius 1 is 1.38 bits per heavy atom. The van der Waals surface area contributed by atoms with E-state index in [0.717, 1.165) is 26.1 Å². The zero-order valence-electron chi connectivity index (χ0n) is 14.7. The van der Waals surface area contributed by atoms with Crippen molar-refractivity contribution < 1.29 is 4.79 Å². The second-order valence-electron chi connectivity index (χ2n) is 7.17. The maximum atomic E-state index is 12.2. The maximum Gasteiger partial charge on any atom is 0.234 e. The summed E-state index contributed by atoms with van der Waals surface area (Å²) in [6, 6.07) is 0.544. The third-order valence-electron chi connectivity index (χ3n) is 4.69. The first-order chi connectivity index (χ1) is 9.88. The Bertz CT molecular complexity index is 317. The Morgan fingerprint density at radius 3 is 2.71 bits per heavy atom. The highest BCUT2D eigenvalue weighted by Crippen LogP contribution is 2.19. The molecule has 1 aliphatic heterocycles. The van der Waals surface area contributed by atoms with Crippen molar-refractivity contribution in [1.29, 1.82) is 0 Å². The summed E-state index contributed by atoms with van der Waals surface area (Å²) in [4.78, 5) is 14.5. The van der Waals surface area contributed by atoms with Crippen molar-refractivity contribution in [2.24, 2.45) is 5.92 Å². The summed E-state index contributed by atoms with van der Waals surface area (Å²) in [5.41, 5.74) is -0.0950. The number of piperidine rings is 1. The molecule has 0 aromatic carbocycles. The zero-order chi connectivity index (χ0) is 15.9. The van der Waals surface area contributed by atoms with Gasteiger partial charge in [0.05, 0.1) is 6.54 Å². The number of amides is 1. The van der Waals surface area contributed by atoms with E-state index in [2.05, 4.69) is 50.2 Å². The Morgan fingerprint density at radius 2 is 2.10 bits per heavy atom. The van der Waals surface area contributed by atoms with E-state index in [1.54, 1.807) is 0 Å². The van der Waals surface area contributed by atoms with Crippen LogP contribution < -0.4 is 10.6 Å². The molecule has 1 saturated heterocycles. The van der Waals surface area contributed by atoms with Gasteiger partial charge in [0, 0.05) is 18.1 Å². The van der Waals surface area contributed by atoms with Crippen LogP contribution in [0.5, 0.6) is 0 Å². The number of likely N-dealkylation sites (tertiary alicyclic amines) is 1. The molecule has 0 spiro atoms. The van der Waals surface area contributed by atoms with Crippen molar-refractivity contribution in [3.63, 3.8) is 0 Å². The van der Waals surface area contributed by atoms with Crippen molar-refractivity contribution in [3.05, 3.63) is 0 Å². The number of carbonyl (C=O) groups is 1. The summed E-state index contributed by atoms with van der Waals surface area (Å²) in [7, 11) is 0. The van der Waals surface area contributed by atoms with Gasteiger partial charge in [0.25, 0.3) is 0 Å². The number of hydrogen-bond acceptors (Lipinski definition) is 3. The number of hydrogen-bond donors (Lipinski definition) is 2. The molecule has 2 unspecified atom stereocenters. The molecule has 2 N–H and O–H groups in total. The van der Waals surface area contributed by atoms with Crippen LogP contribution >= 0.6 is 0 Å². The predicted molar refractivity (Wildman–Crippen MR) is 89.4 cm³/mol. The van der Waals surface area contributed by atoms with E-state index < -0.39 is 0 Å². The van der Waals surface area contributed by atoms with E-state index in [4.69, 9.17) is 0 Å². The predicted octanol–water partition coefficient (Wildman–Crippen LogP) is 2.39. The normalized spacial score (nSPS) is 22.0. The third-order valence-corrected chi connectivity index (χ3v) is 4.69. The molecule has 1 fully saturated rings. The first-order valence-electron chi connectivity index (χ1n) is 8.64. The van der Waals surface area contributed by atoms with Gasteiger partial charge in [-0.25, -0.2) is 0 Å². The fraction of sp³-hybridized carbons (Fsp3) is 0.941. The molecule has 0 bridgehead atoms. The van der Waals surface area contributed by atoms with Crippen LogP contribution in [0.3, 0.4) is 0 Å². The van der Waals surface area contributed by atoms with Gasteiger partial charge in [-0.3, -0.25) is 9.69 Å². The number of carbonyl (C=O) groups excluding carboxylic acids is 1. The molecular weight excluding hydrogens is 262 g/mol. The molecule has 2 atom stereocenters. The van der Waals surface area contributed by atoms with Crippen LogP contribution in [0.2, 0.25) is 0 Å². The highest BCUT2D eigenvalue weighted by atomic mass is 16.2. The van der Waals surface area contributed by atoms with Crippen molar-refractivity contribution in [3.8, 4) is 0 Å². The van der Waals surface area contributed by atoms with Gasteiger partial charge in [-0.2, -0.15) is 0 Å². The second kappa shape index (κ2) is 8.74. The summed E-state index contributed by atoms with van der Waals surface area (Å²) in [6.45, 7) is 14.5. The lowest BCUT2D eigenvalue weighted by atomic mass is 9.91. The van der Waals surface area contributed by atoms with E-state index >= 15 is 0 Å². The molecule has 124 valence electrons. The molecule has 0 saturated carbocycles. The maximum absolute atomic E-state index is 12.2. The van der Waals surface area contributed by atoms with Crippen molar-refractivity contribution >= 4 is 5.91 Å². The average Bonchev–Trinajstić information content (AvgIpc) is 2.44. The fourth-order valence-corrected chi connectivity index (χ4v) is 2.89. The number of nitrogens with zero attached hydrogens (tertiary/aromatic N) is 1. The van der Waals surface area contributed by atoms with E-state index in [1.807, 2.05) is 0 Å². The summed E-state index contributed by atoms with van der Waals surface area (Å²) in [5, 5.41) is 6.73. The monoisotopic (exact) mass is 297 g/mol. The SMILES string of the molecule is CCCNC(C)C1CCCN(CC(=O)NC(C)(C)CC)C1. The van der Waals surface area contributed by atoms with Crippen LogP contribution in [-0.4, -0.2) is 48.6 Å². The molecule has 4 heteroatoms. The molecule has 0 aromatic rings. The van der Waals surface area contributed by atoms with Gasteiger partial charge >= 0.3 is 0 Å². The average molecular weight is 297 g/mol. The molecular formula is C17H35N3O. The molecule has 0 aromatic heterocycles. The summed E-state index contributed by atoms with van der Waals surface area (Å²) >= 11 is 0. The van der Waals surface area contributed by atoms with E-state index in [-0.39, 0.29) is 11.4 Å². The van der Waals surface area contributed by atoms with Gasteiger partial charge in [-0.05, 0) is 65.5 Å². The van der Waals surface area contributed by atoms with Crippen LogP contribution in [0, 0.1) is 5.92 Å². The summed E-state index contributed by atoms with van der Waals surface area (Å²) in [5.74, 6) is 0.828. The number of rotatable bonds is 8. The molecule has 4 nitrogen and oxygen atoms in total. The van der Waals surface area contributed by atoms with Crippen LogP contribution in [0.4, 0.5) is 0 Å². The van der Waals surface area contributed by atoms with Crippen molar-refractivity contribution in [1.82, 2.24) is 15.5 Å². The Balaban J connectivity index is 2.40. The Labute approximate surface area is 131 Å². The van der Waals surface area contributed by atoms with E-state index in [0.29, 0.717) is 18.5 Å². The van der Waals surface area contributed by atoms with Crippen LogP contribution in [0.15, 0.2) is 0 Å².